The van der Waals surface area contributed by atoms with Gasteiger partial charge in [-0.25, -0.2) is 0 Å². The monoisotopic (exact) mass is 293 g/mol. The lowest BCUT2D eigenvalue weighted by atomic mass is 10.3. The number of H-pyrrole nitrogens is 1. The summed E-state index contributed by atoms with van der Waals surface area (Å²) in [5.74, 6) is 0.692. The summed E-state index contributed by atoms with van der Waals surface area (Å²) >= 11 is 6.68. The third-order valence-electron chi connectivity index (χ3n) is 3.05. The molecule has 0 bridgehead atoms. The first-order chi connectivity index (χ1) is 9.09. The van der Waals surface area contributed by atoms with E-state index in [9.17, 15) is 4.79 Å². The molecule has 3 aromatic heterocycles. The second-order valence-electron chi connectivity index (χ2n) is 4.24. The van der Waals surface area contributed by atoms with Crippen LogP contribution in [0.4, 0.5) is 0 Å². The number of hydrogen-bond donors (Lipinski definition) is 1. The van der Waals surface area contributed by atoms with Crippen LogP contribution in [0, 0.1) is 4.77 Å². The second kappa shape index (κ2) is 4.39. The molecule has 98 valence electrons. The number of aromatic nitrogens is 5. The van der Waals surface area contributed by atoms with Gasteiger partial charge in [0.2, 0.25) is 0 Å². The lowest BCUT2D eigenvalue weighted by Gasteiger charge is -2.14. The third-order valence-corrected chi connectivity index (χ3v) is 4.25. The number of fused-ring (bicyclic) bond motifs is 1. The molecule has 8 heteroatoms. The van der Waals surface area contributed by atoms with Crippen LogP contribution in [0.5, 0.6) is 0 Å². The fourth-order valence-electron chi connectivity index (χ4n) is 2.09. The molecular formula is C11H11N5OS2. The molecule has 0 fully saturated rings. The van der Waals surface area contributed by atoms with Crippen molar-refractivity contribution in [1.82, 2.24) is 24.3 Å². The van der Waals surface area contributed by atoms with Gasteiger partial charge in [0.25, 0.3) is 5.56 Å². The average Bonchev–Trinajstić information content (AvgIpc) is 2.97. The normalized spacial score (nSPS) is 12.9. The molecule has 0 radical (unpaired) electrons. The molecule has 1 unspecified atom stereocenters. The van der Waals surface area contributed by atoms with Crippen molar-refractivity contribution in [3.8, 4) is 0 Å². The van der Waals surface area contributed by atoms with Crippen LogP contribution in [0.3, 0.4) is 0 Å². The molecule has 0 spiro atoms. The Labute approximate surface area is 117 Å². The van der Waals surface area contributed by atoms with Crippen LogP contribution in [0.25, 0.3) is 10.2 Å². The summed E-state index contributed by atoms with van der Waals surface area (Å²) in [5, 5.41) is 9.74. The smallest absolute Gasteiger partial charge is 0.272 e. The van der Waals surface area contributed by atoms with Crippen molar-refractivity contribution in [1.29, 1.82) is 0 Å². The highest BCUT2D eigenvalue weighted by atomic mass is 32.1. The van der Waals surface area contributed by atoms with Crippen molar-refractivity contribution in [2.75, 3.05) is 0 Å². The highest BCUT2D eigenvalue weighted by molar-refractivity contribution is 7.71. The van der Waals surface area contributed by atoms with E-state index in [2.05, 4.69) is 15.2 Å². The van der Waals surface area contributed by atoms with Crippen molar-refractivity contribution in [2.45, 2.75) is 13.0 Å². The summed E-state index contributed by atoms with van der Waals surface area (Å²) in [5.41, 5.74) is 0.686. The first kappa shape index (κ1) is 12.2. The van der Waals surface area contributed by atoms with Crippen molar-refractivity contribution in [3.63, 3.8) is 0 Å². The molecular weight excluding hydrogens is 282 g/mol. The predicted octanol–water partition coefficient (Wildman–Crippen LogP) is 1.86. The zero-order valence-electron chi connectivity index (χ0n) is 10.3. The van der Waals surface area contributed by atoms with E-state index < -0.39 is 0 Å². The van der Waals surface area contributed by atoms with Crippen molar-refractivity contribution < 1.29 is 0 Å². The zero-order chi connectivity index (χ0) is 13.6. The molecule has 3 aromatic rings. The Hall–Kier alpha value is -1.80. The number of hydrogen-bond acceptors (Lipinski definition) is 5. The fourth-order valence-corrected chi connectivity index (χ4v) is 3.22. The van der Waals surface area contributed by atoms with E-state index in [1.54, 1.807) is 10.9 Å². The standard InChI is InChI=1S/C11H11N5OS2/c1-6(9-14-12-5-15(9)2)16-10(17)8-7(3-4-19-8)13-11(16)18/h3-6H,1-2H3,(H,13,18). The first-order valence-corrected chi connectivity index (χ1v) is 6.94. The van der Waals surface area contributed by atoms with E-state index in [0.29, 0.717) is 15.3 Å². The molecule has 0 saturated heterocycles. The van der Waals surface area contributed by atoms with Gasteiger partial charge >= 0.3 is 0 Å². The van der Waals surface area contributed by atoms with Crippen molar-refractivity contribution in [3.05, 3.63) is 38.7 Å². The molecule has 1 N–H and O–H groups in total. The second-order valence-corrected chi connectivity index (χ2v) is 5.55. The number of thiophene rings is 1. The van der Waals surface area contributed by atoms with E-state index in [1.807, 2.05) is 25.4 Å². The van der Waals surface area contributed by atoms with Crippen LogP contribution in [0.1, 0.15) is 18.8 Å². The lowest BCUT2D eigenvalue weighted by Crippen LogP contribution is -2.26. The van der Waals surface area contributed by atoms with Crippen LogP contribution in [-0.2, 0) is 7.05 Å². The molecule has 3 rings (SSSR count). The number of nitrogens with zero attached hydrogens (tertiary/aromatic N) is 4. The summed E-state index contributed by atoms with van der Waals surface area (Å²) in [6.07, 6.45) is 1.60. The van der Waals surface area contributed by atoms with Gasteiger partial charge in [0.15, 0.2) is 10.6 Å². The molecule has 0 aliphatic carbocycles. The van der Waals surface area contributed by atoms with Gasteiger partial charge in [-0.3, -0.25) is 9.36 Å². The molecule has 0 aliphatic rings. The predicted molar refractivity (Wildman–Crippen MR) is 76.1 cm³/mol. The van der Waals surface area contributed by atoms with Gasteiger partial charge in [0.05, 0.1) is 11.6 Å². The van der Waals surface area contributed by atoms with Crippen LogP contribution >= 0.6 is 23.6 Å². The van der Waals surface area contributed by atoms with Crippen molar-refractivity contribution >= 4 is 33.8 Å². The Balaban J connectivity index is 2.28. The van der Waals surface area contributed by atoms with E-state index in [4.69, 9.17) is 12.2 Å². The highest BCUT2D eigenvalue weighted by Crippen LogP contribution is 2.18. The summed E-state index contributed by atoms with van der Waals surface area (Å²) in [6, 6.07) is 1.59. The van der Waals surface area contributed by atoms with Gasteiger partial charge in [-0.1, -0.05) is 0 Å². The number of nitrogens with one attached hydrogen (secondary N) is 1. The maximum absolute atomic E-state index is 12.5. The van der Waals surface area contributed by atoms with Gasteiger partial charge in [-0.2, -0.15) is 0 Å². The van der Waals surface area contributed by atoms with Crippen LogP contribution in [-0.4, -0.2) is 24.3 Å². The van der Waals surface area contributed by atoms with Crippen LogP contribution < -0.4 is 5.56 Å². The Bertz CT molecular complexity index is 856. The van der Waals surface area contributed by atoms with Crippen molar-refractivity contribution in [2.24, 2.45) is 7.05 Å². The molecule has 6 nitrogen and oxygen atoms in total. The van der Waals surface area contributed by atoms with Gasteiger partial charge in [0, 0.05) is 7.05 Å². The van der Waals surface area contributed by atoms with E-state index in [-0.39, 0.29) is 11.6 Å². The topological polar surface area (TPSA) is 68.5 Å². The van der Waals surface area contributed by atoms with E-state index in [0.717, 1.165) is 5.52 Å². The Morgan fingerprint density at radius 2 is 2.32 bits per heavy atom. The molecule has 0 aromatic carbocycles. The van der Waals surface area contributed by atoms with Crippen LogP contribution in [0.15, 0.2) is 22.6 Å². The molecule has 3 heterocycles. The summed E-state index contributed by atoms with van der Waals surface area (Å²) < 4.78 is 4.39. The molecule has 0 aliphatic heterocycles. The molecule has 0 amide bonds. The van der Waals surface area contributed by atoms with Gasteiger partial charge in [-0.05, 0) is 30.6 Å². The Morgan fingerprint density at radius 1 is 1.53 bits per heavy atom. The Kier molecular flexibility index (Phi) is 2.83. The average molecular weight is 293 g/mol. The van der Waals surface area contributed by atoms with Gasteiger partial charge in [-0.15, -0.1) is 21.5 Å². The highest BCUT2D eigenvalue weighted by Gasteiger charge is 2.18. The largest absolute Gasteiger partial charge is 0.331 e. The number of aromatic amines is 1. The minimum atomic E-state index is -0.268. The summed E-state index contributed by atoms with van der Waals surface area (Å²) in [4.78, 5) is 15.6. The first-order valence-electron chi connectivity index (χ1n) is 5.65. The Morgan fingerprint density at radius 3 is 3.00 bits per heavy atom. The molecule has 19 heavy (non-hydrogen) atoms. The number of aryl methyl sites for hydroxylation is 1. The number of rotatable bonds is 2. The fraction of sp³-hybridized carbons (Fsp3) is 0.273. The van der Waals surface area contributed by atoms with E-state index in [1.165, 1.54) is 15.9 Å². The maximum atomic E-state index is 12.5. The van der Waals surface area contributed by atoms with Gasteiger partial charge in [0.1, 0.15) is 11.0 Å². The minimum absolute atomic E-state index is 0.0933. The third kappa shape index (κ3) is 1.83. The molecule has 1 atom stereocenters. The zero-order valence-corrected chi connectivity index (χ0v) is 12.0. The van der Waals surface area contributed by atoms with Crippen LogP contribution in [0.2, 0.25) is 0 Å². The molecule has 0 saturated carbocycles. The SMILES string of the molecule is CC(c1nncn1C)n1c(=S)[nH]c2ccsc2c1=O. The maximum Gasteiger partial charge on any atom is 0.272 e. The van der Waals surface area contributed by atoms with Gasteiger partial charge < -0.3 is 9.55 Å². The lowest BCUT2D eigenvalue weighted by molar-refractivity contribution is 0.547. The van der Waals surface area contributed by atoms with E-state index >= 15 is 0 Å². The minimum Gasteiger partial charge on any atom is -0.331 e. The summed E-state index contributed by atoms with van der Waals surface area (Å²) in [7, 11) is 1.84. The quantitative estimate of drug-likeness (QED) is 0.732. The summed E-state index contributed by atoms with van der Waals surface area (Å²) in [6.45, 7) is 1.88.